The van der Waals surface area contributed by atoms with Gasteiger partial charge in [-0.05, 0) is 49.1 Å². The lowest BCUT2D eigenvalue weighted by Crippen LogP contribution is -2.32. The molecule has 0 radical (unpaired) electrons. The number of nitrogens with zero attached hydrogens (tertiary/aromatic N) is 5. The highest BCUT2D eigenvalue weighted by molar-refractivity contribution is 5.43. The Kier molecular flexibility index (Phi) is 5.27. The van der Waals surface area contributed by atoms with E-state index < -0.39 is 0 Å². The van der Waals surface area contributed by atoms with Gasteiger partial charge in [0.15, 0.2) is 0 Å². The zero-order valence-corrected chi connectivity index (χ0v) is 16.8. The fourth-order valence-corrected chi connectivity index (χ4v) is 4.08. The Bertz CT molecular complexity index is 1010. The first-order valence-electron chi connectivity index (χ1n) is 10.4. The van der Waals surface area contributed by atoms with Crippen LogP contribution in [0.1, 0.15) is 29.7 Å². The average molecular weight is 405 g/mol. The average Bonchev–Trinajstić information content (AvgIpc) is 3.31. The minimum atomic E-state index is -0.206. The van der Waals surface area contributed by atoms with Crippen LogP contribution in [0.15, 0.2) is 48.8 Å². The molecule has 5 rings (SSSR count). The van der Waals surface area contributed by atoms with Gasteiger partial charge in [-0.3, -0.25) is 9.88 Å². The minimum Gasteiger partial charge on any atom is -0.437 e. The number of benzene rings is 1. The third-order valence-corrected chi connectivity index (χ3v) is 5.65. The molecule has 1 aromatic carbocycles. The number of halogens is 1. The van der Waals surface area contributed by atoms with Gasteiger partial charge in [0.2, 0.25) is 11.8 Å². The summed E-state index contributed by atoms with van der Waals surface area (Å²) in [6, 6.07) is 10.5. The number of hydrogen-bond acceptors (Lipinski definition) is 6. The highest BCUT2D eigenvalue weighted by Gasteiger charge is 2.26. The van der Waals surface area contributed by atoms with E-state index in [9.17, 15) is 4.39 Å². The van der Waals surface area contributed by atoms with Gasteiger partial charge >= 0.3 is 0 Å². The van der Waals surface area contributed by atoms with Crippen molar-refractivity contribution in [1.29, 1.82) is 0 Å². The Labute approximate surface area is 175 Å². The van der Waals surface area contributed by atoms with Crippen LogP contribution in [-0.4, -0.2) is 39.5 Å². The van der Waals surface area contributed by atoms with Crippen molar-refractivity contribution in [2.45, 2.75) is 32.4 Å². The zero-order chi connectivity index (χ0) is 20.3. The van der Waals surface area contributed by atoms with E-state index in [0.717, 1.165) is 74.8 Å². The molecular weight excluding hydrogens is 381 g/mol. The first kappa shape index (κ1) is 18.9. The Morgan fingerprint density at radius 1 is 1.00 bits per heavy atom. The van der Waals surface area contributed by atoms with Gasteiger partial charge in [-0.25, -0.2) is 9.37 Å². The third-order valence-electron chi connectivity index (χ3n) is 5.65. The number of anilines is 1. The van der Waals surface area contributed by atoms with Gasteiger partial charge in [0.1, 0.15) is 11.6 Å². The summed E-state index contributed by atoms with van der Waals surface area (Å²) in [7, 11) is 0. The smallest absolute Gasteiger partial charge is 0.228 e. The summed E-state index contributed by atoms with van der Waals surface area (Å²) in [5, 5.41) is 0. The second-order valence-corrected chi connectivity index (χ2v) is 7.83. The summed E-state index contributed by atoms with van der Waals surface area (Å²) < 4.78 is 19.4. The Hall–Kier alpha value is -3.06. The van der Waals surface area contributed by atoms with Crippen molar-refractivity contribution in [2.24, 2.45) is 0 Å². The molecule has 1 fully saturated rings. The van der Waals surface area contributed by atoms with Crippen LogP contribution in [0.2, 0.25) is 0 Å². The molecular formula is C23H24FN5O. The van der Waals surface area contributed by atoms with Crippen molar-refractivity contribution in [1.82, 2.24) is 19.9 Å². The minimum absolute atomic E-state index is 0.206. The van der Waals surface area contributed by atoms with Crippen molar-refractivity contribution >= 4 is 5.95 Å². The van der Waals surface area contributed by atoms with E-state index in [2.05, 4.69) is 14.8 Å². The van der Waals surface area contributed by atoms with Crippen LogP contribution in [0.3, 0.4) is 0 Å². The fourth-order valence-electron chi connectivity index (χ4n) is 4.08. The molecule has 0 aliphatic carbocycles. The number of pyridine rings is 1. The maximum Gasteiger partial charge on any atom is 0.228 e. The van der Waals surface area contributed by atoms with Crippen molar-refractivity contribution in [2.75, 3.05) is 24.5 Å². The lowest BCUT2D eigenvalue weighted by atomic mass is 10.1. The summed E-state index contributed by atoms with van der Waals surface area (Å²) in [6.07, 6.45) is 6.57. The van der Waals surface area contributed by atoms with Crippen LogP contribution in [0, 0.1) is 5.82 Å². The fraction of sp³-hybridized carbons (Fsp3) is 0.348. The van der Waals surface area contributed by atoms with E-state index in [1.54, 1.807) is 12.4 Å². The van der Waals surface area contributed by atoms with Crippen LogP contribution < -0.4 is 9.64 Å². The van der Waals surface area contributed by atoms with Crippen molar-refractivity contribution in [3.05, 3.63) is 71.4 Å². The number of ether oxygens (including phenoxy) is 1. The molecule has 6 nitrogen and oxygen atoms in total. The van der Waals surface area contributed by atoms with E-state index in [1.807, 2.05) is 24.3 Å². The molecule has 0 bridgehead atoms. The molecule has 0 unspecified atom stereocenters. The predicted molar refractivity (Wildman–Crippen MR) is 112 cm³/mol. The van der Waals surface area contributed by atoms with Gasteiger partial charge in [-0.15, -0.1) is 0 Å². The largest absolute Gasteiger partial charge is 0.437 e. The van der Waals surface area contributed by atoms with E-state index in [0.29, 0.717) is 11.6 Å². The summed E-state index contributed by atoms with van der Waals surface area (Å²) in [5.41, 5.74) is 3.18. The van der Waals surface area contributed by atoms with E-state index in [4.69, 9.17) is 14.7 Å². The predicted octanol–water partition coefficient (Wildman–Crippen LogP) is 3.96. The number of hydrogen-bond donors (Lipinski definition) is 0. The summed E-state index contributed by atoms with van der Waals surface area (Å²) in [6.45, 7) is 4.32. The summed E-state index contributed by atoms with van der Waals surface area (Å²) >= 11 is 0. The maximum absolute atomic E-state index is 13.2. The molecule has 0 amide bonds. The lowest BCUT2D eigenvalue weighted by Gasteiger charge is -2.30. The van der Waals surface area contributed by atoms with Crippen molar-refractivity contribution in [3.8, 4) is 11.6 Å². The molecule has 2 aliphatic rings. The molecule has 2 aromatic heterocycles. The highest BCUT2D eigenvalue weighted by atomic mass is 19.1. The first-order chi connectivity index (χ1) is 14.7. The topological polar surface area (TPSA) is 54.4 Å². The standard InChI is InChI=1S/C23H24FN5O/c24-18-7-5-17(6-8-18)15-28-13-9-20-21(16-28)26-23(29-11-1-2-12-29)27-22(20)30-19-4-3-10-25-14-19/h3-8,10,14H,1-2,9,11-13,15-16H2. The van der Waals surface area contributed by atoms with E-state index in [1.165, 1.54) is 12.1 Å². The van der Waals surface area contributed by atoms with Gasteiger partial charge in [-0.2, -0.15) is 4.98 Å². The maximum atomic E-state index is 13.2. The quantitative estimate of drug-likeness (QED) is 0.640. The van der Waals surface area contributed by atoms with E-state index >= 15 is 0 Å². The first-order valence-corrected chi connectivity index (χ1v) is 10.4. The molecule has 0 N–H and O–H groups in total. The summed E-state index contributed by atoms with van der Waals surface area (Å²) in [5.74, 6) is 1.85. The second kappa shape index (κ2) is 8.36. The van der Waals surface area contributed by atoms with Gasteiger partial charge in [0.25, 0.3) is 0 Å². The van der Waals surface area contributed by atoms with Crippen LogP contribution in [0.25, 0.3) is 0 Å². The molecule has 4 heterocycles. The molecule has 154 valence electrons. The molecule has 7 heteroatoms. The molecule has 1 saturated heterocycles. The van der Waals surface area contributed by atoms with Gasteiger partial charge < -0.3 is 9.64 Å². The Balaban J connectivity index is 1.43. The van der Waals surface area contributed by atoms with Crippen LogP contribution in [0.5, 0.6) is 11.6 Å². The molecule has 2 aliphatic heterocycles. The summed E-state index contributed by atoms with van der Waals surface area (Å²) in [4.78, 5) is 18.4. The van der Waals surface area contributed by atoms with E-state index in [-0.39, 0.29) is 5.82 Å². The number of fused-ring (bicyclic) bond motifs is 1. The lowest BCUT2D eigenvalue weighted by molar-refractivity contribution is 0.238. The molecule has 30 heavy (non-hydrogen) atoms. The molecule has 3 aromatic rings. The Morgan fingerprint density at radius 3 is 2.60 bits per heavy atom. The van der Waals surface area contributed by atoms with Crippen molar-refractivity contribution in [3.63, 3.8) is 0 Å². The van der Waals surface area contributed by atoms with Gasteiger partial charge in [0, 0.05) is 44.5 Å². The monoisotopic (exact) mass is 405 g/mol. The highest BCUT2D eigenvalue weighted by Crippen LogP contribution is 2.32. The van der Waals surface area contributed by atoms with Gasteiger partial charge in [-0.1, -0.05) is 12.1 Å². The van der Waals surface area contributed by atoms with Crippen LogP contribution >= 0.6 is 0 Å². The molecule has 0 atom stereocenters. The molecule has 0 saturated carbocycles. The zero-order valence-electron chi connectivity index (χ0n) is 16.8. The van der Waals surface area contributed by atoms with Crippen LogP contribution in [-0.2, 0) is 19.5 Å². The van der Waals surface area contributed by atoms with Crippen molar-refractivity contribution < 1.29 is 9.13 Å². The normalized spacial score (nSPS) is 16.5. The SMILES string of the molecule is Fc1ccc(CN2CCc3c(nc(N4CCCC4)nc3Oc3cccnc3)C2)cc1. The molecule has 0 spiro atoms. The van der Waals surface area contributed by atoms with Crippen LogP contribution in [0.4, 0.5) is 10.3 Å². The van der Waals surface area contributed by atoms with Gasteiger partial charge in [0.05, 0.1) is 11.9 Å². The Morgan fingerprint density at radius 2 is 1.83 bits per heavy atom. The number of rotatable bonds is 5. The number of aromatic nitrogens is 3. The third kappa shape index (κ3) is 4.11. The second-order valence-electron chi connectivity index (χ2n) is 7.83.